The van der Waals surface area contributed by atoms with Gasteiger partial charge in [-0.05, 0) is 57.6 Å². The lowest BCUT2D eigenvalue weighted by Crippen LogP contribution is -2.44. The van der Waals surface area contributed by atoms with Gasteiger partial charge in [0.05, 0.1) is 10.4 Å². The maximum Gasteiger partial charge on any atom is 0.236 e. The molecule has 6 heteroatoms. The van der Waals surface area contributed by atoms with Gasteiger partial charge in [0.2, 0.25) is 5.91 Å². The average molecular weight is 362 g/mol. The van der Waals surface area contributed by atoms with Crippen molar-refractivity contribution in [3.8, 4) is 0 Å². The van der Waals surface area contributed by atoms with Crippen LogP contribution in [-0.2, 0) is 15.0 Å². The predicted molar refractivity (Wildman–Crippen MR) is 96.8 cm³/mol. The molecule has 2 fully saturated rings. The Labute approximate surface area is 153 Å². The highest BCUT2D eigenvalue weighted by atomic mass is 35.5. The molecule has 1 saturated heterocycles. The number of nitrogens with zero attached hydrogens (tertiary/aromatic N) is 2. The maximum absolute atomic E-state index is 12.7. The molecular formula is C19H24ClN3O2. The zero-order valence-corrected chi connectivity index (χ0v) is 15.3. The van der Waals surface area contributed by atoms with Crippen molar-refractivity contribution in [3.05, 3.63) is 22.8 Å². The molecule has 1 amide bonds. The van der Waals surface area contributed by atoms with Crippen LogP contribution in [0, 0.1) is 5.92 Å². The molecule has 2 aliphatic heterocycles. The second-order valence-electron chi connectivity index (χ2n) is 7.87. The number of rotatable bonds is 3. The summed E-state index contributed by atoms with van der Waals surface area (Å²) in [4.78, 5) is 30.8. The minimum absolute atomic E-state index is 0.0756. The molecule has 0 aromatic carbocycles. The largest absolute Gasteiger partial charge is 0.310 e. The minimum atomic E-state index is -0.456. The quantitative estimate of drug-likeness (QED) is 0.898. The molecular weight excluding hydrogens is 338 g/mol. The fourth-order valence-electron chi connectivity index (χ4n) is 4.98. The molecule has 1 spiro atoms. The van der Waals surface area contributed by atoms with Crippen LogP contribution in [0.3, 0.4) is 0 Å². The maximum atomic E-state index is 12.7. The van der Waals surface area contributed by atoms with E-state index in [9.17, 15) is 9.59 Å². The molecule has 1 N–H and O–H groups in total. The molecule has 3 aliphatic rings. The number of hydrogen-bond donors (Lipinski definition) is 1. The van der Waals surface area contributed by atoms with E-state index in [2.05, 4.69) is 15.2 Å². The summed E-state index contributed by atoms with van der Waals surface area (Å²) in [7, 11) is 0. The summed E-state index contributed by atoms with van der Waals surface area (Å²) in [6.45, 7) is 3.78. The summed E-state index contributed by atoms with van der Waals surface area (Å²) in [5, 5.41) is 3.52. The summed E-state index contributed by atoms with van der Waals surface area (Å²) in [6, 6.07) is 2.42. The van der Waals surface area contributed by atoms with Crippen LogP contribution in [0.15, 0.2) is 12.3 Å². The Morgan fingerprint density at radius 1 is 1.40 bits per heavy atom. The van der Waals surface area contributed by atoms with Crippen molar-refractivity contribution < 1.29 is 9.59 Å². The molecule has 1 aromatic heterocycles. The molecule has 1 aromatic rings. The van der Waals surface area contributed by atoms with Crippen LogP contribution in [0.5, 0.6) is 0 Å². The molecule has 0 radical (unpaired) electrons. The molecule has 0 unspecified atom stereocenters. The molecule has 3 heterocycles. The first-order chi connectivity index (χ1) is 12.0. The smallest absolute Gasteiger partial charge is 0.236 e. The van der Waals surface area contributed by atoms with Crippen molar-refractivity contribution in [2.24, 2.45) is 5.92 Å². The zero-order valence-electron chi connectivity index (χ0n) is 14.6. The number of fused-ring (bicyclic) bond motifs is 2. The second-order valence-corrected chi connectivity index (χ2v) is 8.31. The Morgan fingerprint density at radius 3 is 2.88 bits per heavy atom. The number of carbonyl (C=O) groups excluding carboxylic acids is 2. The highest BCUT2D eigenvalue weighted by molar-refractivity contribution is 6.30. The number of Topliss-reactive ketones (excluding diaryl/α,β-unsaturated/α-hetero) is 1. The summed E-state index contributed by atoms with van der Waals surface area (Å²) in [5.41, 5.74) is 0.515. The molecule has 0 bridgehead atoms. The van der Waals surface area contributed by atoms with Crippen molar-refractivity contribution in [2.45, 2.75) is 56.9 Å². The van der Waals surface area contributed by atoms with E-state index < -0.39 is 5.41 Å². The number of likely N-dealkylation sites (tertiary alicyclic amines) is 1. The monoisotopic (exact) mass is 361 g/mol. The Kier molecular flexibility index (Phi) is 4.32. The van der Waals surface area contributed by atoms with Gasteiger partial charge < -0.3 is 15.0 Å². The van der Waals surface area contributed by atoms with Crippen LogP contribution in [-0.4, -0.2) is 40.7 Å². The number of amides is 1. The van der Waals surface area contributed by atoms with Crippen LogP contribution in [0.25, 0.3) is 0 Å². The predicted octanol–water partition coefficient (Wildman–Crippen LogP) is 3.17. The molecule has 1 aliphatic carbocycles. The van der Waals surface area contributed by atoms with E-state index in [0.717, 1.165) is 50.8 Å². The fraction of sp³-hybridized carbons (Fsp3) is 0.632. The van der Waals surface area contributed by atoms with Gasteiger partial charge in [-0.1, -0.05) is 11.6 Å². The third-order valence-corrected chi connectivity index (χ3v) is 6.46. The van der Waals surface area contributed by atoms with Crippen molar-refractivity contribution in [1.29, 1.82) is 0 Å². The first-order valence-corrected chi connectivity index (χ1v) is 9.57. The van der Waals surface area contributed by atoms with E-state index in [-0.39, 0.29) is 11.7 Å². The number of aromatic nitrogens is 1. The number of ketones is 1. The first kappa shape index (κ1) is 17.0. The topological polar surface area (TPSA) is 62.3 Å². The minimum Gasteiger partial charge on any atom is -0.310 e. The molecule has 1 saturated carbocycles. The number of carbonyl (C=O) groups is 2. The highest BCUT2D eigenvalue weighted by Crippen LogP contribution is 2.48. The number of anilines is 1. The van der Waals surface area contributed by atoms with Gasteiger partial charge in [0.25, 0.3) is 0 Å². The van der Waals surface area contributed by atoms with Crippen LogP contribution in [0.4, 0.5) is 5.82 Å². The van der Waals surface area contributed by atoms with E-state index in [1.165, 1.54) is 0 Å². The van der Waals surface area contributed by atoms with Gasteiger partial charge in [-0.15, -0.1) is 0 Å². The summed E-state index contributed by atoms with van der Waals surface area (Å²) < 4.78 is 0. The van der Waals surface area contributed by atoms with E-state index in [1.807, 2.05) is 6.07 Å². The number of halogens is 1. The fourth-order valence-corrected chi connectivity index (χ4v) is 5.14. The van der Waals surface area contributed by atoms with Gasteiger partial charge in [-0.2, -0.15) is 0 Å². The summed E-state index contributed by atoms with van der Waals surface area (Å²) >= 11 is 6.13. The van der Waals surface area contributed by atoms with Gasteiger partial charge in [0, 0.05) is 30.8 Å². The van der Waals surface area contributed by atoms with Crippen molar-refractivity contribution in [3.63, 3.8) is 0 Å². The normalized spacial score (nSPS) is 32.0. The Hall–Kier alpha value is -1.46. The molecule has 134 valence electrons. The highest BCUT2D eigenvalue weighted by Gasteiger charge is 2.50. The third-order valence-electron chi connectivity index (χ3n) is 6.25. The average Bonchev–Trinajstić information content (AvgIpc) is 3.13. The van der Waals surface area contributed by atoms with Gasteiger partial charge in [-0.25, -0.2) is 4.98 Å². The van der Waals surface area contributed by atoms with Gasteiger partial charge in [0.15, 0.2) is 0 Å². The number of hydrogen-bond acceptors (Lipinski definition) is 4. The van der Waals surface area contributed by atoms with Crippen molar-refractivity contribution in [2.75, 3.05) is 18.4 Å². The molecule has 4 rings (SSSR count). The van der Waals surface area contributed by atoms with Gasteiger partial charge in [-0.3, -0.25) is 4.79 Å². The molecule has 1 atom stereocenters. The Morgan fingerprint density at radius 2 is 2.16 bits per heavy atom. The zero-order chi connectivity index (χ0) is 17.6. The second kappa shape index (κ2) is 6.36. The number of pyridine rings is 1. The van der Waals surface area contributed by atoms with E-state index in [0.29, 0.717) is 29.2 Å². The lowest BCUT2D eigenvalue weighted by molar-refractivity contribution is -0.122. The van der Waals surface area contributed by atoms with Crippen LogP contribution < -0.4 is 5.32 Å². The number of nitrogens with one attached hydrogen (secondary N) is 1. The SMILES string of the molecule is CC(=O)C[C@H]1CCN(C2CCC3(CC2)C(=O)Nc2ncc(Cl)cc23)C1. The van der Waals surface area contributed by atoms with E-state index in [4.69, 9.17) is 11.6 Å². The van der Waals surface area contributed by atoms with Crippen LogP contribution in [0.2, 0.25) is 5.02 Å². The van der Waals surface area contributed by atoms with Gasteiger partial charge in [0.1, 0.15) is 11.6 Å². The summed E-state index contributed by atoms with van der Waals surface area (Å²) in [5.74, 6) is 1.55. The summed E-state index contributed by atoms with van der Waals surface area (Å²) in [6.07, 6.45) is 7.10. The van der Waals surface area contributed by atoms with E-state index >= 15 is 0 Å². The van der Waals surface area contributed by atoms with Crippen LogP contribution in [0.1, 0.15) is 51.0 Å². The van der Waals surface area contributed by atoms with Crippen LogP contribution >= 0.6 is 11.6 Å². The Bertz CT molecular complexity index is 713. The molecule has 25 heavy (non-hydrogen) atoms. The standard InChI is InChI=1S/C19H24ClN3O2/c1-12(24)8-13-4-7-23(11-13)15-2-5-19(6-3-15)16-9-14(20)10-21-17(16)22-18(19)25/h9-10,13,15H,2-8,11H2,1H3,(H,21,22,25)/t13-,15?,19?/m1/s1. The van der Waals surface area contributed by atoms with E-state index in [1.54, 1.807) is 13.1 Å². The van der Waals surface area contributed by atoms with Crippen molar-refractivity contribution >= 4 is 29.1 Å². The lowest BCUT2D eigenvalue weighted by Gasteiger charge is -2.39. The van der Waals surface area contributed by atoms with Gasteiger partial charge >= 0.3 is 0 Å². The van der Waals surface area contributed by atoms with Crippen molar-refractivity contribution in [1.82, 2.24) is 9.88 Å². The third kappa shape index (κ3) is 2.97. The lowest BCUT2D eigenvalue weighted by atomic mass is 9.69. The Balaban J connectivity index is 1.45. The molecule has 5 nitrogen and oxygen atoms in total. The first-order valence-electron chi connectivity index (χ1n) is 9.19.